The number of thioether (sulfide) groups is 1. The average Bonchev–Trinajstić information content (AvgIpc) is 3.04. The van der Waals surface area contributed by atoms with Gasteiger partial charge in [-0.25, -0.2) is 4.79 Å². The van der Waals surface area contributed by atoms with Crippen molar-refractivity contribution in [2.24, 2.45) is 0 Å². The van der Waals surface area contributed by atoms with E-state index in [-0.39, 0.29) is 11.4 Å². The number of benzene rings is 2. The molecule has 0 unspecified atom stereocenters. The highest BCUT2D eigenvalue weighted by Gasteiger charge is 2.30. The van der Waals surface area contributed by atoms with Gasteiger partial charge in [-0.05, 0) is 35.2 Å². The summed E-state index contributed by atoms with van der Waals surface area (Å²) in [6.45, 7) is 5.11. The number of rotatable bonds is 3. The van der Waals surface area contributed by atoms with Gasteiger partial charge in [0.25, 0.3) is 0 Å². The Labute approximate surface area is 152 Å². The zero-order valence-electron chi connectivity index (χ0n) is 13.8. The normalized spacial score (nSPS) is 17.3. The van der Waals surface area contributed by atoms with Gasteiger partial charge < -0.3 is 10.2 Å². The maximum absolute atomic E-state index is 12.6. The monoisotopic (exact) mass is 360 g/mol. The molecule has 1 fully saturated rings. The number of nitrogens with one attached hydrogen (secondary N) is 1. The Hall–Kier alpha value is -1.65. The lowest BCUT2D eigenvalue weighted by molar-refractivity contribution is 0.214. The highest BCUT2D eigenvalue weighted by molar-refractivity contribution is 7.99. The minimum atomic E-state index is -0.0831. The van der Waals surface area contributed by atoms with E-state index in [9.17, 15) is 4.79 Å². The van der Waals surface area contributed by atoms with E-state index in [1.165, 1.54) is 11.1 Å². The molecule has 1 atom stereocenters. The quantitative estimate of drug-likeness (QED) is 0.756. The van der Waals surface area contributed by atoms with Gasteiger partial charge in [-0.2, -0.15) is 0 Å². The highest BCUT2D eigenvalue weighted by atomic mass is 35.5. The summed E-state index contributed by atoms with van der Waals surface area (Å²) in [5.74, 6) is 1.46. The van der Waals surface area contributed by atoms with Crippen molar-refractivity contribution in [2.75, 3.05) is 17.6 Å². The van der Waals surface area contributed by atoms with Crippen LogP contribution in [0.2, 0.25) is 5.02 Å². The fraction of sp³-hybridized carbons (Fsp3) is 0.316. The van der Waals surface area contributed by atoms with E-state index in [1.807, 2.05) is 17.0 Å². The molecule has 1 saturated heterocycles. The maximum atomic E-state index is 12.6. The van der Waals surface area contributed by atoms with Crippen molar-refractivity contribution in [3.05, 3.63) is 64.7 Å². The number of anilines is 1. The molecular formula is C19H21ClN2OS. The van der Waals surface area contributed by atoms with E-state index in [4.69, 9.17) is 11.6 Å². The second-order valence-electron chi connectivity index (χ2n) is 6.18. The van der Waals surface area contributed by atoms with Crippen molar-refractivity contribution >= 4 is 35.1 Å². The van der Waals surface area contributed by atoms with Crippen LogP contribution >= 0.6 is 23.4 Å². The topological polar surface area (TPSA) is 32.3 Å². The van der Waals surface area contributed by atoms with E-state index in [0.717, 1.165) is 18.0 Å². The third-order valence-corrected chi connectivity index (χ3v) is 5.61. The molecule has 1 heterocycles. The van der Waals surface area contributed by atoms with Crippen molar-refractivity contribution in [3.63, 3.8) is 0 Å². The second-order valence-corrected chi connectivity index (χ2v) is 7.80. The third kappa shape index (κ3) is 3.87. The summed E-state index contributed by atoms with van der Waals surface area (Å²) in [7, 11) is 0. The first-order chi connectivity index (χ1) is 11.5. The Morgan fingerprint density at radius 2 is 2.00 bits per heavy atom. The molecule has 126 valence electrons. The van der Waals surface area contributed by atoms with Crippen molar-refractivity contribution < 1.29 is 4.79 Å². The van der Waals surface area contributed by atoms with Gasteiger partial charge in [0.2, 0.25) is 0 Å². The van der Waals surface area contributed by atoms with Gasteiger partial charge in [0.1, 0.15) is 5.37 Å². The van der Waals surface area contributed by atoms with E-state index in [1.54, 1.807) is 23.9 Å². The van der Waals surface area contributed by atoms with Crippen LogP contribution in [0, 0.1) is 0 Å². The lowest BCUT2D eigenvalue weighted by Gasteiger charge is -2.24. The number of urea groups is 1. The molecule has 3 nitrogen and oxygen atoms in total. The fourth-order valence-corrected chi connectivity index (χ4v) is 4.21. The number of halogens is 1. The molecule has 0 aromatic heterocycles. The first-order valence-electron chi connectivity index (χ1n) is 8.09. The van der Waals surface area contributed by atoms with Crippen molar-refractivity contribution in [1.29, 1.82) is 0 Å². The zero-order valence-corrected chi connectivity index (χ0v) is 15.4. The summed E-state index contributed by atoms with van der Waals surface area (Å²) < 4.78 is 0. The molecular weight excluding hydrogens is 340 g/mol. The second kappa shape index (κ2) is 7.49. The predicted molar refractivity (Wildman–Crippen MR) is 103 cm³/mol. The van der Waals surface area contributed by atoms with Crippen LogP contribution < -0.4 is 5.32 Å². The summed E-state index contributed by atoms with van der Waals surface area (Å²) in [6.07, 6.45) is 0. The van der Waals surface area contributed by atoms with Crippen molar-refractivity contribution in [1.82, 2.24) is 4.90 Å². The molecule has 0 aliphatic carbocycles. The number of amides is 2. The van der Waals surface area contributed by atoms with Gasteiger partial charge in [-0.1, -0.05) is 55.8 Å². The summed E-state index contributed by atoms with van der Waals surface area (Å²) in [4.78, 5) is 14.5. The Morgan fingerprint density at radius 3 is 2.67 bits per heavy atom. The van der Waals surface area contributed by atoms with E-state index in [0.29, 0.717) is 10.9 Å². The largest absolute Gasteiger partial charge is 0.323 e. The van der Waals surface area contributed by atoms with Gasteiger partial charge in [0.05, 0.1) is 0 Å². The number of carbonyl (C=O) groups is 1. The van der Waals surface area contributed by atoms with E-state index in [2.05, 4.69) is 43.4 Å². The number of nitrogens with zero attached hydrogens (tertiary/aromatic N) is 1. The molecule has 5 heteroatoms. The molecule has 3 rings (SSSR count). The molecule has 0 radical (unpaired) electrons. The Bertz CT molecular complexity index is 718. The van der Waals surface area contributed by atoms with Crippen LogP contribution in [0.4, 0.5) is 10.5 Å². The van der Waals surface area contributed by atoms with E-state index >= 15 is 0 Å². The van der Waals surface area contributed by atoms with Crippen LogP contribution in [-0.2, 0) is 0 Å². The number of carbonyl (C=O) groups excluding carboxylic acids is 1. The Morgan fingerprint density at radius 1 is 1.25 bits per heavy atom. The van der Waals surface area contributed by atoms with Crippen LogP contribution in [-0.4, -0.2) is 23.2 Å². The minimum absolute atomic E-state index is 0.0606. The predicted octanol–water partition coefficient (Wildman–Crippen LogP) is 5.74. The maximum Gasteiger partial charge on any atom is 0.323 e. The van der Waals surface area contributed by atoms with Gasteiger partial charge in [-0.3, -0.25) is 0 Å². The van der Waals surface area contributed by atoms with Crippen LogP contribution in [0.3, 0.4) is 0 Å². The summed E-state index contributed by atoms with van der Waals surface area (Å²) in [5, 5.41) is 3.62. The molecule has 2 aromatic rings. The molecule has 2 amide bonds. The van der Waals surface area contributed by atoms with Crippen LogP contribution in [0.25, 0.3) is 0 Å². The SMILES string of the molecule is CC(C)c1ccc([C@@H]2SCCN2C(=O)Nc2cccc(Cl)c2)cc1. The molecule has 1 N–H and O–H groups in total. The molecule has 0 bridgehead atoms. The third-order valence-electron chi connectivity index (χ3n) is 4.12. The molecule has 0 spiro atoms. The summed E-state index contributed by atoms with van der Waals surface area (Å²) in [5.41, 5.74) is 3.21. The van der Waals surface area contributed by atoms with Crippen molar-refractivity contribution in [2.45, 2.75) is 25.1 Å². The van der Waals surface area contributed by atoms with Crippen molar-refractivity contribution in [3.8, 4) is 0 Å². The van der Waals surface area contributed by atoms with Gasteiger partial charge in [-0.15, -0.1) is 11.8 Å². The molecule has 0 saturated carbocycles. The van der Waals surface area contributed by atoms with E-state index < -0.39 is 0 Å². The number of hydrogen-bond acceptors (Lipinski definition) is 2. The van der Waals surface area contributed by atoms with Gasteiger partial charge in [0.15, 0.2) is 0 Å². The lowest BCUT2D eigenvalue weighted by Crippen LogP contribution is -2.34. The van der Waals surface area contributed by atoms with Gasteiger partial charge >= 0.3 is 6.03 Å². The zero-order chi connectivity index (χ0) is 17.1. The molecule has 2 aromatic carbocycles. The molecule has 1 aliphatic heterocycles. The smallest absolute Gasteiger partial charge is 0.308 e. The minimum Gasteiger partial charge on any atom is -0.308 e. The van der Waals surface area contributed by atoms with Crippen LogP contribution in [0.1, 0.15) is 36.3 Å². The number of hydrogen-bond donors (Lipinski definition) is 1. The first-order valence-corrected chi connectivity index (χ1v) is 9.52. The average molecular weight is 361 g/mol. The first kappa shape index (κ1) is 17.2. The molecule has 24 heavy (non-hydrogen) atoms. The van der Waals surface area contributed by atoms with Crippen LogP contribution in [0.15, 0.2) is 48.5 Å². The standard InChI is InChI=1S/C19H21ClN2OS/c1-13(2)14-6-8-15(9-7-14)18-22(10-11-24-18)19(23)21-17-5-3-4-16(20)12-17/h3-9,12-13,18H,10-11H2,1-2H3,(H,21,23)/t18-/m0/s1. The highest BCUT2D eigenvalue weighted by Crippen LogP contribution is 2.38. The fourth-order valence-electron chi connectivity index (χ4n) is 2.76. The lowest BCUT2D eigenvalue weighted by atomic mass is 10.0. The molecule has 1 aliphatic rings. The van der Waals surface area contributed by atoms with Crippen LogP contribution in [0.5, 0.6) is 0 Å². The Kier molecular flexibility index (Phi) is 5.36. The summed E-state index contributed by atoms with van der Waals surface area (Å²) >= 11 is 7.78. The Balaban J connectivity index is 1.73. The summed E-state index contributed by atoms with van der Waals surface area (Å²) in [6, 6.07) is 15.7. The van der Waals surface area contributed by atoms with Gasteiger partial charge in [0, 0.05) is 23.0 Å².